The average Bonchev–Trinajstić information content (AvgIpc) is 2.72. The van der Waals surface area contributed by atoms with Crippen molar-refractivity contribution >= 4 is 0 Å². The maximum absolute atomic E-state index is 4.08. The van der Waals surface area contributed by atoms with Gasteiger partial charge in [0.1, 0.15) is 0 Å². The van der Waals surface area contributed by atoms with Gasteiger partial charge in [-0.3, -0.25) is 4.98 Å². The summed E-state index contributed by atoms with van der Waals surface area (Å²) in [6.45, 7) is 0. The van der Waals surface area contributed by atoms with Gasteiger partial charge in [0.2, 0.25) is 0 Å². The maximum atomic E-state index is 4.08. The predicted molar refractivity (Wildman–Crippen MR) is 63.8 cm³/mol. The fraction of sp³-hybridized carbons (Fsp3) is 0.500. The van der Waals surface area contributed by atoms with Gasteiger partial charge in [0.15, 0.2) is 0 Å². The van der Waals surface area contributed by atoms with Crippen LogP contribution in [0.1, 0.15) is 31.2 Å². The molecule has 1 aromatic heterocycles. The van der Waals surface area contributed by atoms with Gasteiger partial charge in [-0.1, -0.05) is 11.8 Å². The van der Waals surface area contributed by atoms with E-state index >= 15 is 0 Å². The van der Waals surface area contributed by atoms with E-state index in [2.05, 4.69) is 22.1 Å². The lowest BCUT2D eigenvalue weighted by atomic mass is 9.92. The van der Waals surface area contributed by atoms with E-state index in [4.69, 9.17) is 0 Å². The van der Waals surface area contributed by atoms with Crippen LogP contribution in [0.2, 0.25) is 0 Å². The zero-order chi connectivity index (χ0) is 10.8. The molecule has 0 spiro atoms. The van der Waals surface area contributed by atoms with Crippen LogP contribution in [0, 0.1) is 17.8 Å². The first-order valence-electron chi connectivity index (χ1n) is 6.09. The van der Waals surface area contributed by atoms with Crippen molar-refractivity contribution < 1.29 is 0 Å². The molecule has 2 nitrogen and oxygen atoms in total. The molecule has 1 aromatic rings. The van der Waals surface area contributed by atoms with Gasteiger partial charge in [-0.2, -0.15) is 0 Å². The normalized spacial score (nSPS) is 31.9. The van der Waals surface area contributed by atoms with Crippen LogP contribution >= 0.6 is 0 Å². The molecule has 16 heavy (non-hydrogen) atoms. The van der Waals surface area contributed by atoms with Crippen LogP contribution in [0.15, 0.2) is 24.5 Å². The van der Waals surface area contributed by atoms with Crippen molar-refractivity contribution in [2.24, 2.45) is 5.92 Å². The Kier molecular flexibility index (Phi) is 2.63. The SMILES string of the molecule is C(#CC1CCC2CCC1N2)c1cccnc1. The molecule has 2 aliphatic heterocycles. The molecule has 2 saturated heterocycles. The molecule has 0 amide bonds. The third kappa shape index (κ3) is 1.96. The van der Waals surface area contributed by atoms with E-state index in [9.17, 15) is 0 Å². The van der Waals surface area contributed by atoms with Crippen molar-refractivity contribution in [3.63, 3.8) is 0 Å². The predicted octanol–water partition coefficient (Wildman–Crippen LogP) is 1.96. The number of pyridine rings is 1. The summed E-state index contributed by atoms with van der Waals surface area (Å²) >= 11 is 0. The number of rotatable bonds is 0. The summed E-state index contributed by atoms with van der Waals surface area (Å²) in [5.74, 6) is 7.20. The van der Waals surface area contributed by atoms with Crippen molar-refractivity contribution in [1.29, 1.82) is 0 Å². The van der Waals surface area contributed by atoms with Gasteiger partial charge in [-0.15, -0.1) is 0 Å². The van der Waals surface area contributed by atoms with Crippen LogP contribution in [0.3, 0.4) is 0 Å². The van der Waals surface area contributed by atoms with Crippen LogP contribution < -0.4 is 5.32 Å². The molecule has 2 bridgehead atoms. The molecular weight excluding hydrogens is 196 g/mol. The number of aromatic nitrogens is 1. The van der Waals surface area contributed by atoms with E-state index in [0.717, 1.165) is 11.6 Å². The molecular formula is C14H16N2. The largest absolute Gasteiger partial charge is 0.310 e. The second-order valence-electron chi connectivity index (χ2n) is 4.74. The van der Waals surface area contributed by atoms with Gasteiger partial charge in [-0.25, -0.2) is 0 Å². The van der Waals surface area contributed by atoms with Crippen LogP contribution in [-0.4, -0.2) is 17.1 Å². The van der Waals surface area contributed by atoms with Crippen LogP contribution in [0.5, 0.6) is 0 Å². The maximum Gasteiger partial charge on any atom is 0.0428 e. The first-order valence-corrected chi connectivity index (χ1v) is 6.09. The number of hydrogen-bond acceptors (Lipinski definition) is 2. The molecule has 3 heterocycles. The van der Waals surface area contributed by atoms with Crippen molar-refractivity contribution in [1.82, 2.24) is 10.3 Å². The highest BCUT2D eigenvalue weighted by Gasteiger charge is 2.33. The molecule has 3 atom stereocenters. The minimum Gasteiger partial charge on any atom is -0.310 e. The highest BCUT2D eigenvalue weighted by Crippen LogP contribution is 2.30. The minimum atomic E-state index is 0.541. The highest BCUT2D eigenvalue weighted by atomic mass is 15.0. The second kappa shape index (κ2) is 4.27. The number of nitrogens with one attached hydrogen (secondary N) is 1. The van der Waals surface area contributed by atoms with Gasteiger partial charge >= 0.3 is 0 Å². The Balaban J connectivity index is 1.73. The van der Waals surface area contributed by atoms with Gasteiger partial charge in [0.25, 0.3) is 0 Å². The Labute approximate surface area is 96.5 Å². The second-order valence-corrected chi connectivity index (χ2v) is 4.74. The summed E-state index contributed by atoms with van der Waals surface area (Å²) < 4.78 is 0. The third-order valence-electron chi connectivity index (χ3n) is 3.65. The molecule has 2 heteroatoms. The van der Waals surface area contributed by atoms with Gasteiger partial charge in [0.05, 0.1) is 0 Å². The molecule has 0 saturated carbocycles. The van der Waals surface area contributed by atoms with Crippen molar-refractivity contribution in [3.8, 4) is 11.8 Å². The van der Waals surface area contributed by atoms with Crippen LogP contribution in [0.4, 0.5) is 0 Å². The molecule has 2 fully saturated rings. The summed E-state index contributed by atoms with van der Waals surface area (Å²) in [4.78, 5) is 4.08. The molecule has 1 N–H and O–H groups in total. The highest BCUT2D eigenvalue weighted by molar-refractivity contribution is 5.32. The van der Waals surface area contributed by atoms with E-state index in [-0.39, 0.29) is 0 Å². The number of fused-ring (bicyclic) bond motifs is 2. The molecule has 0 aliphatic carbocycles. The number of hydrogen-bond donors (Lipinski definition) is 1. The van der Waals surface area contributed by atoms with E-state index in [0.29, 0.717) is 12.0 Å². The summed E-state index contributed by atoms with van der Waals surface area (Å²) in [5.41, 5.74) is 1.03. The summed E-state index contributed by atoms with van der Waals surface area (Å²) in [7, 11) is 0. The van der Waals surface area contributed by atoms with Crippen LogP contribution in [-0.2, 0) is 0 Å². The molecule has 82 valence electrons. The van der Waals surface area contributed by atoms with Crippen molar-refractivity contribution in [2.75, 3.05) is 0 Å². The van der Waals surface area contributed by atoms with Crippen molar-refractivity contribution in [2.45, 2.75) is 37.8 Å². The Bertz CT molecular complexity index is 415. The Morgan fingerprint density at radius 3 is 3.06 bits per heavy atom. The first-order chi connectivity index (χ1) is 7.92. The smallest absolute Gasteiger partial charge is 0.0428 e. The molecule has 0 aromatic carbocycles. The molecule has 3 rings (SSSR count). The van der Waals surface area contributed by atoms with Crippen LogP contribution in [0.25, 0.3) is 0 Å². The zero-order valence-corrected chi connectivity index (χ0v) is 9.32. The fourth-order valence-electron chi connectivity index (χ4n) is 2.76. The molecule has 3 unspecified atom stereocenters. The Morgan fingerprint density at radius 2 is 2.19 bits per heavy atom. The summed E-state index contributed by atoms with van der Waals surface area (Å²) in [6.07, 6.45) is 8.82. The number of nitrogens with zero attached hydrogens (tertiary/aromatic N) is 1. The average molecular weight is 212 g/mol. The van der Waals surface area contributed by atoms with E-state index in [1.54, 1.807) is 6.20 Å². The Hall–Kier alpha value is -1.33. The quantitative estimate of drug-likeness (QED) is 0.665. The fourth-order valence-corrected chi connectivity index (χ4v) is 2.76. The van der Waals surface area contributed by atoms with E-state index in [1.807, 2.05) is 18.3 Å². The monoisotopic (exact) mass is 212 g/mol. The van der Waals surface area contributed by atoms with Gasteiger partial charge in [-0.05, 0) is 37.8 Å². The Morgan fingerprint density at radius 1 is 1.25 bits per heavy atom. The lowest BCUT2D eigenvalue weighted by Gasteiger charge is -2.26. The van der Waals surface area contributed by atoms with Gasteiger partial charge < -0.3 is 5.32 Å². The lowest BCUT2D eigenvalue weighted by Crippen LogP contribution is -2.39. The molecule has 2 aliphatic rings. The van der Waals surface area contributed by atoms with Crippen molar-refractivity contribution in [3.05, 3.63) is 30.1 Å². The lowest BCUT2D eigenvalue weighted by molar-refractivity contribution is 0.346. The first kappa shape index (κ1) is 9.86. The molecule has 0 radical (unpaired) electrons. The number of piperidine rings is 1. The van der Waals surface area contributed by atoms with E-state index < -0.39 is 0 Å². The third-order valence-corrected chi connectivity index (χ3v) is 3.65. The standard InChI is InChI=1S/C14H16N2/c1-2-11(10-15-9-1)3-4-12-5-6-13-7-8-14(12)16-13/h1-2,9-10,12-14,16H,5-8H2. The van der Waals surface area contributed by atoms with Gasteiger partial charge in [0, 0.05) is 36.0 Å². The van der Waals surface area contributed by atoms with E-state index in [1.165, 1.54) is 25.7 Å². The minimum absolute atomic E-state index is 0.541. The summed E-state index contributed by atoms with van der Waals surface area (Å²) in [6, 6.07) is 5.38. The zero-order valence-electron chi connectivity index (χ0n) is 9.32. The summed E-state index contributed by atoms with van der Waals surface area (Å²) in [5, 5.41) is 3.66. The topological polar surface area (TPSA) is 24.9 Å².